The molecule has 0 fully saturated rings. The third kappa shape index (κ3) is 8.15. The van der Waals surface area contributed by atoms with Crippen LogP contribution in [0, 0.1) is 5.92 Å². The quantitative estimate of drug-likeness (QED) is 0.218. The van der Waals surface area contributed by atoms with Crippen molar-refractivity contribution >= 4 is 23.7 Å². The number of hydrogen-bond donors (Lipinski definition) is 6. The molecule has 8 N–H and O–H groups in total. The Morgan fingerprint density at radius 2 is 1.53 bits per heavy atom. The third-order valence-corrected chi connectivity index (χ3v) is 5.65. The number of primary amides is 1. The molecule has 11 nitrogen and oxygen atoms in total. The van der Waals surface area contributed by atoms with Crippen LogP contribution in [0.5, 0.6) is 0 Å². The minimum atomic E-state index is -1.47. The first-order chi connectivity index (χ1) is 17.0. The fourth-order valence-electron chi connectivity index (χ4n) is 3.80. The van der Waals surface area contributed by atoms with Gasteiger partial charge in [0.1, 0.15) is 0 Å². The average Bonchev–Trinajstić information content (AvgIpc) is 2.83. The first kappa shape index (κ1) is 28.4. The highest BCUT2D eigenvalue weighted by molar-refractivity contribution is 6.00. The Balaban J connectivity index is 2.42. The third-order valence-electron chi connectivity index (χ3n) is 5.65. The molecule has 0 aliphatic rings. The van der Waals surface area contributed by atoms with Crippen LogP contribution in [0.3, 0.4) is 0 Å². The molecule has 0 bridgehead atoms. The molecule has 194 valence electrons. The molecule has 0 aliphatic heterocycles. The van der Waals surface area contributed by atoms with Crippen molar-refractivity contribution in [3.05, 3.63) is 71.8 Å². The van der Waals surface area contributed by atoms with Crippen LogP contribution in [0.2, 0.25) is 0 Å². The van der Waals surface area contributed by atoms with Crippen molar-refractivity contribution in [3.8, 4) is 0 Å². The predicted octanol–water partition coefficient (Wildman–Crippen LogP) is 0.800. The van der Waals surface area contributed by atoms with Gasteiger partial charge in [0.25, 0.3) is 5.91 Å². The number of ketones is 1. The Labute approximate surface area is 209 Å². The number of hydrazine groups is 1. The molecular weight excluding hydrogens is 466 g/mol. The summed E-state index contributed by atoms with van der Waals surface area (Å²) in [6.07, 6.45) is -3.32. The number of nitrogens with zero attached hydrogens (tertiary/aromatic N) is 1. The molecule has 0 saturated heterocycles. The lowest BCUT2D eigenvalue weighted by atomic mass is 9.82. The average molecular weight is 500 g/mol. The molecule has 3 amide bonds. The van der Waals surface area contributed by atoms with Crippen molar-refractivity contribution in [3.63, 3.8) is 0 Å². The maximum Gasteiger partial charge on any atom is 0.419 e. The van der Waals surface area contributed by atoms with Gasteiger partial charge in [-0.25, -0.2) is 9.80 Å². The number of aliphatic hydroxyl groups excluding tert-OH is 1. The summed E-state index contributed by atoms with van der Waals surface area (Å²) in [5.74, 6) is -3.46. The largest absolute Gasteiger partial charge is 0.464 e. The lowest BCUT2D eigenvalue weighted by Crippen LogP contribution is -2.55. The van der Waals surface area contributed by atoms with Gasteiger partial charge in [-0.2, -0.15) is 0 Å². The van der Waals surface area contributed by atoms with Crippen molar-refractivity contribution in [2.75, 3.05) is 6.54 Å². The topological polar surface area (TPSA) is 188 Å². The second-order valence-electron chi connectivity index (χ2n) is 8.66. The zero-order valence-electron chi connectivity index (χ0n) is 20.2. The van der Waals surface area contributed by atoms with Gasteiger partial charge in [-0.1, -0.05) is 48.5 Å². The predicted molar refractivity (Wildman–Crippen MR) is 132 cm³/mol. The Morgan fingerprint density at radius 1 is 0.972 bits per heavy atom. The SMILES string of the molecule is CC(C)N(C[C@@H](O)[C@@H](C(=O)[C@H](CC(N)=O)NC(=O)c1ccccc1)C(N)c1ccccc1)NC(=O)O. The minimum Gasteiger partial charge on any atom is -0.464 e. The molecule has 0 radical (unpaired) electrons. The van der Waals surface area contributed by atoms with Crippen LogP contribution in [0.1, 0.15) is 42.2 Å². The molecule has 36 heavy (non-hydrogen) atoms. The highest BCUT2D eigenvalue weighted by Gasteiger charge is 2.39. The van der Waals surface area contributed by atoms with Crippen molar-refractivity contribution in [1.82, 2.24) is 15.8 Å². The summed E-state index contributed by atoms with van der Waals surface area (Å²) in [6.45, 7) is 3.12. The highest BCUT2D eigenvalue weighted by atomic mass is 16.4. The van der Waals surface area contributed by atoms with Gasteiger partial charge >= 0.3 is 6.09 Å². The maximum absolute atomic E-state index is 13.8. The molecule has 4 atom stereocenters. The smallest absolute Gasteiger partial charge is 0.419 e. The summed E-state index contributed by atoms with van der Waals surface area (Å²) in [4.78, 5) is 49.5. The van der Waals surface area contributed by atoms with E-state index in [1.165, 1.54) is 5.01 Å². The van der Waals surface area contributed by atoms with E-state index in [0.717, 1.165) is 0 Å². The summed E-state index contributed by atoms with van der Waals surface area (Å²) in [5, 5.41) is 24.1. The normalized spacial score (nSPS) is 14.5. The van der Waals surface area contributed by atoms with Gasteiger partial charge in [0, 0.05) is 24.2 Å². The van der Waals surface area contributed by atoms with Crippen molar-refractivity contribution in [1.29, 1.82) is 0 Å². The molecule has 1 unspecified atom stereocenters. The molecule has 0 saturated carbocycles. The first-order valence-corrected chi connectivity index (χ1v) is 11.4. The molecule has 2 rings (SSSR count). The number of aliphatic hydroxyl groups is 1. The lowest BCUT2D eigenvalue weighted by molar-refractivity contribution is -0.132. The Bertz CT molecular complexity index is 1030. The van der Waals surface area contributed by atoms with Crippen molar-refractivity contribution in [2.24, 2.45) is 17.4 Å². The number of carboxylic acid groups (broad SMARTS) is 1. The van der Waals surface area contributed by atoms with E-state index in [2.05, 4.69) is 10.7 Å². The van der Waals surface area contributed by atoms with Crippen LogP contribution in [-0.4, -0.2) is 63.6 Å². The number of benzene rings is 2. The molecule has 2 aromatic carbocycles. The van der Waals surface area contributed by atoms with Crippen LogP contribution in [0.4, 0.5) is 4.79 Å². The van der Waals surface area contributed by atoms with Crippen molar-refractivity contribution in [2.45, 2.75) is 44.5 Å². The van der Waals surface area contributed by atoms with E-state index in [1.807, 2.05) is 0 Å². The minimum absolute atomic E-state index is 0.265. The van der Waals surface area contributed by atoms with Crippen LogP contribution >= 0.6 is 0 Å². The zero-order chi connectivity index (χ0) is 26.8. The summed E-state index contributed by atoms with van der Waals surface area (Å²) in [7, 11) is 0. The van der Waals surface area contributed by atoms with Gasteiger partial charge in [-0.3, -0.25) is 19.8 Å². The second-order valence-corrected chi connectivity index (χ2v) is 8.66. The molecular formula is C25H33N5O6. The molecule has 0 aliphatic carbocycles. The Hall–Kier alpha value is -3.80. The number of nitrogens with one attached hydrogen (secondary N) is 2. The van der Waals surface area contributed by atoms with Gasteiger partial charge < -0.3 is 27.0 Å². The lowest BCUT2D eigenvalue weighted by Gasteiger charge is -2.34. The van der Waals surface area contributed by atoms with Crippen LogP contribution in [0.25, 0.3) is 0 Å². The standard InChI is InChI=1S/C25H33N5O6/c1-15(2)30(29-25(35)36)14-19(31)21(22(27)16-9-5-3-6-10-16)23(33)18(13-20(26)32)28-24(34)17-11-7-4-8-12-17/h3-12,15,18-19,21-22,29,31H,13-14,27H2,1-2H3,(H2,26,32)(H,28,34)(H,35,36)/t18-,19+,21+,22?/m0/s1. The van der Waals surface area contributed by atoms with E-state index in [9.17, 15) is 24.3 Å². The van der Waals surface area contributed by atoms with E-state index in [-0.39, 0.29) is 18.2 Å². The van der Waals surface area contributed by atoms with Crippen LogP contribution in [-0.2, 0) is 9.59 Å². The van der Waals surface area contributed by atoms with Gasteiger partial charge in [0.2, 0.25) is 5.91 Å². The molecule has 0 aromatic heterocycles. The molecule has 11 heteroatoms. The van der Waals surface area contributed by atoms with E-state index in [4.69, 9.17) is 16.6 Å². The van der Waals surface area contributed by atoms with E-state index in [0.29, 0.717) is 5.56 Å². The van der Waals surface area contributed by atoms with Gasteiger partial charge in [-0.15, -0.1) is 0 Å². The number of rotatable bonds is 13. The van der Waals surface area contributed by atoms with Gasteiger partial charge in [0.05, 0.1) is 24.5 Å². The molecule has 0 spiro atoms. The molecule has 2 aromatic rings. The fourth-order valence-corrected chi connectivity index (χ4v) is 3.80. The summed E-state index contributed by atoms with van der Waals surface area (Å²) in [6, 6.07) is 13.9. The fraction of sp³-hybridized carbons (Fsp3) is 0.360. The van der Waals surface area contributed by atoms with E-state index >= 15 is 0 Å². The number of carbonyl (C=O) groups is 4. The summed E-state index contributed by atoms with van der Waals surface area (Å²) < 4.78 is 0. The summed E-state index contributed by atoms with van der Waals surface area (Å²) in [5.41, 5.74) is 14.8. The van der Waals surface area contributed by atoms with Crippen molar-refractivity contribution < 1.29 is 29.4 Å². The van der Waals surface area contributed by atoms with Gasteiger partial charge in [-0.05, 0) is 31.5 Å². The monoisotopic (exact) mass is 499 g/mol. The first-order valence-electron chi connectivity index (χ1n) is 11.4. The number of nitrogens with two attached hydrogens (primary N) is 2. The highest BCUT2D eigenvalue weighted by Crippen LogP contribution is 2.26. The van der Waals surface area contributed by atoms with E-state index < -0.39 is 54.2 Å². The Kier molecular flexibility index (Phi) is 10.5. The van der Waals surface area contributed by atoms with Gasteiger partial charge in [0.15, 0.2) is 5.78 Å². The molecule has 0 heterocycles. The number of amides is 3. The maximum atomic E-state index is 13.8. The number of Topliss-reactive ketones (excluding diaryl/α,β-unsaturated/α-hetero) is 1. The second kappa shape index (κ2) is 13.3. The van der Waals surface area contributed by atoms with Crippen LogP contribution < -0.4 is 22.2 Å². The Morgan fingerprint density at radius 3 is 2.03 bits per heavy atom. The van der Waals surface area contributed by atoms with Crippen LogP contribution in [0.15, 0.2) is 60.7 Å². The number of carbonyl (C=O) groups excluding carboxylic acids is 3. The number of hydrogen-bond acceptors (Lipinski definition) is 7. The zero-order valence-corrected chi connectivity index (χ0v) is 20.2. The van der Waals surface area contributed by atoms with E-state index in [1.54, 1.807) is 74.5 Å². The summed E-state index contributed by atoms with van der Waals surface area (Å²) >= 11 is 0.